The van der Waals surface area contributed by atoms with Crippen LogP contribution in [0, 0.1) is 0 Å². The third-order valence-corrected chi connectivity index (χ3v) is 3.96. The Kier molecular flexibility index (Phi) is 6.39. The highest BCUT2D eigenvalue weighted by molar-refractivity contribution is 7.85. The van der Waals surface area contributed by atoms with E-state index in [9.17, 15) is 4.21 Å². The lowest BCUT2D eigenvalue weighted by Crippen LogP contribution is -2.17. The molecule has 1 rings (SSSR count). The van der Waals surface area contributed by atoms with Gasteiger partial charge in [0.2, 0.25) is 0 Å². The van der Waals surface area contributed by atoms with E-state index in [1.54, 1.807) is 0 Å². The standard InChI is InChI=1S/C10H21NO2S/c11-6-2-1-3-8-14(12)9-10-5-4-7-13-10/h10H,1-9,11H2. The second kappa shape index (κ2) is 7.37. The molecule has 0 aliphatic carbocycles. The van der Waals surface area contributed by atoms with Gasteiger partial charge in [0.1, 0.15) is 0 Å². The van der Waals surface area contributed by atoms with Crippen LogP contribution in [-0.2, 0) is 15.5 Å². The van der Waals surface area contributed by atoms with Crippen LogP contribution in [0.1, 0.15) is 32.1 Å². The fourth-order valence-corrected chi connectivity index (χ4v) is 3.02. The predicted molar refractivity (Wildman–Crippen MR) is 59.8 cm³/mol. The molecule has 1 aliphatic heterocycles. The van der Waals surface area contributed by atoms with Crippen LogP contribution in [0.4, 0.5) is 0 Å². The van der Waals surface area contributed by atoms with Crippen molar-refractivity contribution in [1.29, 1.82) is 0 Å². The predicted octanol–water partition coefficient (Wildman–Crippen LogP) is 1.04. The Labute approximate surface area is 88.8 Å². The Bertz CT molecular complexity index is 170. The Morgan fingerprint density at radius 2 is 2.21 bits per heavy atom. The third kappa shape index (κ3) is 5.08. The first-order chi connectivity index (χ1) is 6.83. The highest BCUT2D eigenvalue weighted by Gasteiger charge is 2.17. The van der Waals surface area contributed by atoms with Gasteiger partial charge in [-0.2, -0.15) is 0 Å². The summed E-state index contributed by atoms with van der Waals surface area (Å²) in [6.45, 7) is 1.60. The fourth-order valence-electron chi connectivity index (χ4n) is 1.65. The lowest BCUT2D eigenvalue weighted by molar-refractivity contribution is 0.128. The summed E-state index contributed by atoms with van der Waals surface area (Å²) < 4.78 is 17.0. The molecule has 0 radical (unpaired) electrons. The van der Waals surface area contributed by atoms with Crippen LogP contribution in [-0.4, -0.2) is 35.0 Å². The van der Waals surface area contributed by atoms with Crippen LogP contribution >= 0.6 is 0 Å². The van der Waals surface area contributed by atoms with Crippen LogP contribution in [0.15, 0.2) is 0 Å². The van der Waals surface area contributed by atoms with Crippen molar-refractivity contribution < 1.29 is 8.95 Å². The number of ether oxygens (including phenoxy) is 1. The van der Waals surface area contributed by atoms with Gasteiger partial charge in [0, 0.05) is 28.9 Å². The second-order valence-electron chi connectivity index (χ2n) is 3.79. The Morgan fingerprint density at radius 1 is 1.36 bits per heavy atom. The zero-order valence-corrected chi connectivity index (χ0v) is 9.56. The number of hydrogen-bond acceptors (Lipinski definition) is 3. The molecule has 1 saturated heterocycles. The molecule has 2 atom stereocenters. The number of nitrogens with two attached hydrogens (primary N) is 1. The van der Waals surface area contributed by atoms with Crippen LogP contribution in [0.2, 0.25) is 0 Å². The Morgan fingerprint density at radius 3 is 2.86 bits per heavy atom. The molecule has 0 aromatic heterocycles. The molecule has 14 heavy (non-hydrogen) atoms. The van der Waals surface area contributed by atoms with E-state index < -0.39 is 10.8 Å². The van der Waals surface area contributed by atoms with Crippen molar-refractivity contribution in [3.8, 4) is 0 Å². The molecule has 1 aliphatic rings. The minimum atomic E-state index is -0.679. The molecular formula is C10H21NO2S. The summed E-state index contributed by atoms with van der Waals surface area (Å²) in [7, 11) is -0.679. The zero-order chi connectivity index (χ0) is 10.2. The molecule has 84 valence electrons. The van der Waals surface area contributed by atoms with Gasteiger partial charge in [0.25, 0.3) is 0 Å². The lowest BCUT2D eigenvalue weighted by atomic mass is 10.2. The maximum atomic E-state index is 11.6. The van der Waals surface area contributed by atoms with E-state index >= 15 is 0 Å². The maximum absolute atomic E-state index is 11.6. The summed E-state index contributed by atoms with van der Waals surface area (Å²) in [6, 6.07) is 0. The molecule has 2 N–H and O–H groups in total. The van der Waals surface area contributed by atoms with Crippen molar-refractivity contribution in [2.45, 2.75) is 38.2 Å². The number of unbranched alkanes of at least 4 members (excludes halogenated alkanes) is 2. The average molecular weight is 219 g/mol. The first kappa shape index (κ1) is 12.1. The highest BCUT2D eigenvalue weighted by atomic mass is 32.2. The molecule has 4 heteroatoms. The molecule has 0 saturated carbocycles. The van der Waals surface area contributed by atoms with Crippen molar-refractivity contribution >= 4 is 10.8 Å². The van der Waals surface area contributed by atoms with E-state index in [4.69, 9.17) is 10.5 Å². The van der Waals surface area contributed by atoms with Crippen molar-refractivity contribution in [2.24, 2.45) is 5.73 Å². The molecular weight excluding hydrogens is 198 g/mol. The molecule has 0 spiro atoms. The summed E-state index contributed by atoms with van der Waals surface area (Å²) in [5.41, 5.74) is 5.38. The highest BCUT2D eigenvalue weighted by Crippen LogP contribution is 2.13. The van der Waals surface area contributed by atoms with E-state index in [1.165, 1.54) is 0 Å². The quantitative estimate of drug-likeness (QED) is 0.651. The van der Waals surface area contributed by atoms with Crippen LogP contribution in [0.3, 0.4) is 0 Å². The minimum absolute atomic E-state index is 0.269. The second-order valence-corrected chi connectivity index (χ2v) is 5.42. The third-order valence-electron chi connectivity index (χ3n) is 2.47. The summed E-state index contributed by atoms with van der Waals surface area (Å²) >= 11 is 0. The van der Waals surface area contributed by atoms with Gasteiger partial charge in [-0.15, -0.1) is 0 Å². The molecule has 3 nitrogen and oxygen atoms in total. The lowest BCUT2D eigenvalue weighted by Gasteiger charge is -2.08. The molecule has 2 unspecified atom stereocenters. The smallest absolute Gasteiger partial charge is 0.0691 e. The van der Waals surface area contributed by atoms with Gasteiger partial charge in [0.15, 0.2) is 0 Å². The first-order valence-electron chi connectivity index (χ1n) is 5.49. The van der Waals surface area contributed by atoms with E-state index in [-0.39, 0.29) is 6.10 Å². The first-order valence-corrected chi connectivity index (χ1v) is 6.98. The normalized spacial score (nSPS) is 23.9. The number of hydrogen-bond donors (Lipinski definition) is 1. The van der Waals surface area contributed by atoms with Crippen molar-refractivity contribution in [3.05, 3.63) is 0 Å². The van der Waals surface area contributed by atoms with Crippen molar-refractivity contribution in [3.63, 3.8) is 0 Å². The van der Waals surface area contributed by atoms with Gasteiger partial charge >= 0.3 is 0 Å². The maximum Gasteiger partial charge on any atom is 0.0691 e. The summed E-state index contributed by atoms with van der Waals surface area (Å²) in [6.07, 6.45) is 5.69. The largest absolute Gasteiger partial charge is 0.377 e. The minimum Gasteiger partial charge on any atom is -0.377 e. The average Bonchev–Trinajstić information content (AvgIpc) is 2.65. The van der Waals surface area contributed by atoms with E-state index in [0.717, 1.165) is 56.8 Å². The Balaban J connectivity index is 1.98. The Hall–Kier alpha value is 0.0700. The molecule has 1 fully saturated rings. The van der Waals surface area contributed by atoms with E-state index in [2.05, 4.69) is 0 Å². The molecule has 0 bridgehead atoms. The molecule has 0 aromatic rings. The fraction of sp³-hybridized carbons (Fsp3) is 1.00. The summed E-state index contributed by atoms with van der Waals surface area (Å²) in [4.78, 5) is 0. The summed E-state index contributed by atoms with van der Waals surface area (Å²) in [5.74, 6) is 1.56. The topological polar surface area (TPSA) is 52.3 Å². The van der Waals surface area contributed by atoms with Gasteiger partial charge in [-0.05, 0) is 32.2 Å². The molecule has 1 heterocycles. The van der Waals surface area contributed by atoms with Gasteiger partial charge in [0.05, 0.1) is 6.10 Å². The van der Waals surface area contributed by atoms with E-state index in [0.29, 0.717) is 0 Å². The molecule has 0 amide bonds. The zero-order valence-electron chi connectivity index (χ0n) is 8.74. The van der Waals surface area contributed by atoms with Gasteiger partial charge in [-0.25, -0.2) is 0 Å². The van der Waals surface area contributed by atoms with Crippen molar-refractivity contribution in [2.75, 3.05) is 24.7 Å². The van der Waals surface area contributed by atoms with Gasteiger partial charge in [-0.1, -0.05) is 6.42 Å². The summed E-state index contributed by atoms with van der Waals surface area (Å²) in [5, 5.41) is 0. The van der Waals surface area contributed by atoms with Crippen molar-refractivity contribution in [1.82, 2.24) is 0 Å². The van der Waals surface area contributed by atoms with E-state index in [1.807, 2.05) is 0 Å². The van der Waals surface area contributed by atoms with Gasteiger partial charge < -0.3 is 10.5 Å². The number of rotatable bonds is 7. The van der Waals surface area contributed by atoms with Crippen LogP contribution < -0.4 is 5.73 Å². The molecule has 0 aromatic carbocycles. The monoisotopic (exact) mass is 219 g/mol. The SMILES string of the molecule is NCCCCCS(=O)CC1CCCO1. The van der Waals surface area contributed by atoms with Crippen LogP contribution in [0.5, 0.6) is 0 Å². The van der Waals surface area contributed by atoms with Gasteiger partial charge in [-0.3, -0.25) is 4.21 Å². The van der Waals surface area contributed by atoms with Crippen LogP contribution in [0.25, 0.3) is 0 Å².